The molecule has 2 aromatic rings. The van der Waals surface area contributed by atoms with Crippen LogP contribution in [0.4, 0.5) is 4.39 Å². The third kappa shape index (κ3) is 4.59. The van der Waals surface area contributed by atoms with Crippen molar-refractivity contribution in [3.05, 3.63) is 51.7 Å². The van der Waals surface area contributed by atoms with Gasteiger partial charge < -0.3 is 5.11 Å². The van der Waals surface area contributed by atoms with Crippen LogP contribution in [-0.2, 0) is 22.0 Å². The van der Waals surface area contributed by atoms with Gasteiger partial charge in [0.25, 0.3) is 0 Å². The molecule has 120 valence electrons. The van der Waals surface area contributed by atoms with Crippen molar-refractivity contribution in [3.8, 4) is 0 Å². The van der Waals surface area contributed by atoms with Gasteiger partial charge in [-0.3, -0.25) is 0 Å². The summed E-state index contributed by atoms with van der Waals surface area (Å²) in [5.74, 6) is -1.36. The maximum atomic E-state index is 13.6. The second-order valence-electron chi connectivity index (χ2n) is 5.07. The highest BCUT2D eigenvalue weighted by atomic mass is 32.2. The zero-order chi connectivity index (χ0) is 16.2. The van der Waals surface area contributed by atoms with Crippen LogP contribution in [0.25, 0.3) is 0 Å². The zero-order valence-electron chi connectivity index (χ0n) is 12.2. The van der Waals surface area contributed by atoms with Gasteiger partial charge in [-0.25, -0.2) is 17.8 Å². The number of aliphatic hydroxyl groups excluding tert-OH is 1. The number of nitrogens with zero attached hydrogens (tertiary/aromatic N) is 1. The zero-order valence-corrected chi connectivity index (χ0v) is 13.8. The van der Waals surface area contributed by atoms with Gasteiger partial charge in [0.05, 0.1) is 28.3 Å². The molecule has 0 bridgehead atoms. The molecule has 0 aliphatic carbocycles. The van der Waals surface area contributed by atoms with Gasteiger partial charge in [-0.15, -0.1) is 11.3 Å². The molecule has 1 heterocycles. The van der Waals surface area contributed by atoms with Gasteiger partial charge >= 0.3 is 0 Å². The summed E-state index contributed by atoms with van der Waals surface area (Å²) in [7, 11) is -3.57. The molecule has 1 aromatic carbocycles. The summed E-state index contributed by atoms with van der Waals surface area (Å²) < 4.78 is 37.9. The summed E-state index contributed by atoms with van der Waals surface area (Å²) in [6.07, 6.45) is 0.397. The lowest BCUT2D eigenvalue weighted by Gasteiger charge is -2.11. The number of halogens is 1. The van der Waals surface area contributed by atoms with Gasteiger partial charge in [0.15, 0.2) is 9.84 Å². The largest absolute Gasteiger partial charge is 0.387 e. The predicted molar refractivity (Wildman–Crippen MR) is 85.0 cm³/mol. The van der Waals surface area contributed by atoms with Crippen LogP contribution in [0.15, 0.2) is 29.6 Å². The molecule has 0 aliphatic heterocycles. The fourth-order valence-corrected chi connectivity index (χ4v) is 4.49. The fraction of sp³-hybridized carbons (Fsp3) is 0.400. The average molecular weight is 343 g/mol. The number of aromatic nitrogens is 1. The van der Waals surface area contributed by atoms with E-state index in [-0.39, 0.29) is 11.3 Å². The highest BCUT2D eigenvalue weighted by molar-refractivity contribution is 7.90. The van der Waals surface area contributed by atoms with Crippen LogP contribution in [0.5, 0.6) is 0 Å². The van der Waals surface area contributed by atoms with E-state index in [2.05, 4.69) is 4.98 Å². The predicted octanol–water partition coefficient (Wildman–Crippen LogP) is 2.88. The molecule has 0 saturated carbocycles. The highest BCUT2D eigenvalue weighted by Gasteiger charge is 2.22. The molecule has 0 radical (unpaired) electrons. The summed E-state index contributed by atoms with van der Waals surface area (Å²) in [4.78, 5) is 4.27. The number of rotatable bonds is 7. The van der Waals surface area contributed by atoms with Crippen LogP contribution in [-0.4, -0.2) is 24.3 Å². The van der Waals surface area contributed by atoms with Gasteiger partial charge in [0.1, 0.15) is 5.82 Å². The van der Waals surface area contributed by atoms with Gasteiger partial charge in [-0.1, -0.05) is 25.1 Å². The summed E-state index contributed by atoms with van der Waals surface area (Å²) >= 11 is 1.43. The normalized spacial score (nSPS) is 13.2. The van der Waals surface area contributed by atoms with Crippen molar-refractivity contribution in [3.63, 3.8) is 0 Å². The van der Waals surface area contributed by atoms with E-state index in [1.165, 1.54) is 29.5 Å². The number of benzene rings is 1. The molecule has 4 nitrogen and oxygen atoms in total. The van der Waals surface area contributed by atoms with Crippen LogP contribution < -0.4 is 0 Å². The Morgan fingerprint density at radius 3 is 2.77 bits per heavy atom. The van der Waals surface area contributed by atoms with Crippen LogP contribution >= 0.6 is 11.3 Å². The summed E-state index contributed by atoms with van der Waals surface area (Å²) in [6, 6.07) is 5.64. The first-order valence-corrected chi connectivity index (χ1v) is 9.67. The van der Waals surface area contributed by atoms with Crippen molar-refractivity contribution >= 4 is 21.2 Å². The van der Waals surface area contributed by atoms with E-state index in [0.717, 1.165) is 17.8 Å². The molecule has 0 aliphatic rings. The Hall–Kier alpha value is -1.31. The van der Waals surface area contributed by atoms with Crippen LogP contribution in [0.2, 0.25) is 0 Å². The third-order valence-electron chi connectivity index (χ3n) is 3.11. The lowest BCUT2D eigenvalue weighted by atomic mass is 10.1. The van der Waals surface area contributed by atoms with Crippen molar-refractivity contribution in [2.24, 2.45) is 0 Å². The molecule has 1 atom stereocenters. The quantitative estimate of drug-likeness (QED) is 0.839. The maximum absolute atomic E-state index is 13.6. The topological polar surface area (TPSA) is 67.3 Å². The Labute approximate surface area is 133 Å². The number of aliphatic hydroxyl groups is 1. The highest BCUT2D eigenvalue weighted by Crippen LogP contribution is 2.21. The Morgan fingerprint density at radius 1 is 1.36 bits per heavy atom. The number of hydrogen-bond acceptors (Lipinski definition) is 5. The minimum absolute atomic E-state index is 0.00368. The molecule has 0 spiro atoms. The molecule has 1 unspecified atom stereocenters. The Kier molecular flexibility index (Phi) is 5.66. The Balaban J connectivity index is 2.05. The molecule has 0 saturated heterocycles. The van der Waals surface area contributed by atoms with Crippen molar-refractivity contribution < 1.29 is 17.9 Å². The monoisotopic (exact) mass is 343 g/mol. The molecule has 2 rings (SSSR count). The SMILES string of the molecule is CCCc1nc(CS(=O)(=O)CC(O)c2ccccc2F)cs1. The second kappa shape index (κ2) is 7.30. The minimum Gasteiger partial charge on any atom is -0.387 e. The van der Waals surface area contributed by atoms with E-state index < -0.39 is 27.5 Å². The molecule has 0 amide bonds. The van der Waals surface area contributed by atoms with E-state index in [1.807, 2.05) is 6.92 Å². The van der Waals surface area contributed by atoms with Crippen molar-refractivity contribution in [2.45, 2.75) is 31.6 Å². The lowest BCUT2D eigenvalue weighted by Crippen LogP contribution is -2.17. The van der Waals surface area contributed by atoms with Crippen molar-refractivity contribution in [2.75, 3.05) is 5.75 Å². The molecule has 7 heteroatoms. The average Bonchev–Trinajstić information content (AvgIpc) is 2.85. The third-order valence-corrected chi connectivity index (χ3v) is 5.62. The molecular weight excluding hydrogens is 325 g/mol. The van der Waals surface area contributed by atoms with Gasteiger partial charge in [0.2, 0.25) is 0 Å². The first kappa shape index (κ1) is 17.1. The molecule has 22 heavy (non-hydrogen) atoms. The summed E-state index contributed by atoms with van der Waals surface area (Å²) in [6.45, 7) is 2.03. The Bertz CT molecular complexity index is 728. The summed E-state index contributed by atoms with van der Waals surface area (Å²) in [5.41, 5.74) is 0.477. The second-order valence-corrected chi connectivity index (χ2v) is 8.13. The van der Waals surface area contributed by atoms with Crippen LogP contribution in [0.1, 0.15) is 35.7 Å². The van der Waals surface area contributed by atoms with Crippen LogP contribution in [0, 0.1) is 5.82 Å². The summed E-state index contributed by atoms with van der Waals surface area (Å²) in [5, 5.41) is 12.6. The van der Waals surface area contributed by atoms with Crippen molar-refractivity contribution in [1.29, 1.82) is 0 Å². The number of sulfone groups is 1. The Morgan fingerprint density at radius 2 is 2.09 bits per heavy atom. The first-order valence-electron chi connectivity index (χ1n) is 6.97. The standard InChI is InChI=1S/C15H18FNO3S2/c1-2-5-15-17-11(8-21-15)9-22(19,20)10-14(18)12-6-3-4-7-13(12)16/h3-4,6-8,14,18H,2,5,9-10H2,1H3. The number of hydrogen-bond donors (Lipinski definition) is 1. The van der Waals surface area contributed by atoms with E-state index in [0.29, 0.717) is 5.69 Å². The van der Waals surface area contributed by atoms with E-state index in [1.54, 1.807) is 11.4 Å². The molecule has 1 aromatic heterocycles. The van der Waals surface area contributed by atoms with E-state index in [9.17, 15) is 17.9 Å². The van der Waals surface area contributed by atoms with E-state index in [4.69, 9.17) is 0 Å². The van der Waals surface area contributed by atoms with Gasteiger partial charge in [-0.2, -0.15) is 0 Å². The fourth-order valence-electron chi connectivity index (χ4n) is 2.10. The van der Waals surface area contributed by atoms with Crippen LogP contribution in [0.3, 0.4) is 0 Å². The molecule has 1 N–H and O–H groups in total. The number of thiazole rings is 1. The number of aryl methyl sites for hydroxylation is 1. The minimum atomic E-state index is -3.57. The molecule has 0 fully saturated rings. The van der Waals surface area contributed by atoms with Gasteiger partial charge in [-0.05, 0) is 18.9 Å². The molecular formula is C15H18FNO3S2. The lowest BCUT2D eigenvalue weighted by molar-refractivity contribution is 0.196. The van der Waals surface area contributed by atoms with Gasteiger partial charge in [0, 0.05) is 10.9 Å². The smallest absolute Gasteiger partial charge is 0.158 e. The van der Waals surface area contributed by atoms with Crippen molar-refractivity contribution in [1.82, 2.24) is 4.98 Å². The maximum Gasteiger partial charge on any atom is 0.158 e. The van der Waals surface area contributed by atoms with E-state index >= 15 is 0 Å². The first-order chi connectivity index (χ1) is 10.4.